The summed E-state index contributed by atoms with van der Waals surface area (Å²) in [6, 6.07) is 6.82. The maximum absolute atomic E-state index is 12.3. The van der Waals surface area contributed by atoms with Gasteiger partial charge in [-0.05, 0) is 31.2 Å². The number of anilines is 1. The Labute approximate surface area is 160 Å². The molecule has 0 unspecified atom stereocenters. The monoisotopic (exact) mass is 392 g/mol. The average molecular weight is 393 g/mol. The van der Waals surface area contributed by atoms with Crippen LogP contribution in [0.4, 0.5) is 5.69 Å². The van der Waals surface area contributed by atoms with Crippen LogP contribution in [0.1, 0.15) is 36.3 Å². The summed E-state index contributed by atoms with van der Waals surface area (Å²) in [5.74, 6) is -0.138. The van der Waals surface area contributed by atoms with Crippen LogP contribution in [-0.4, -0.2) is 35.0 Å². The zero-order valence-electron chi connectivity index (χ0n) is 14.6. The van der Waals surface area contributed by atoms with Gasteiger partial charge in [-0.25, -0.2) is 4.98 Å². The largest absolute Gasteiger partial charge is 0.466 e. The van der Waals surface area contributed by atoms with Gasteiger partial charge in [-0.1, -0.05) is 18.7 Å². The summed E-state index contributed by atoms with van der Waals surface area (Å²) in [6.45, 7) is 3.89. The first kappa shape index (κ1) is 20.1. The van der Waals surface area contributed by atoms with Crippen LogP contribution in [0.5, 0.6) is 0 Å². The van der Waals surface area contributed by atoms with E-state index in [1.807, 2.05) is 0 Å². The van der Waals surface area contributed by atoms with Gasteiger partial charge >= 0.3 is 5.97 Å². The van der Waals surface area contributed by atoms with Crippen molar-refractivity contribution in [2.75, 3.05) is 17.7 Å². The van der Waals surface area contributed by atoms with Gasteiger partial charge in [0.05, 0.1) is 24.5 Å². The van der Waals surface area contributed by atoms with Gasteiger partial charge in [0.15, 0.2) is 10.1 Å². The lowest BCUT2D eigenvalue weighted by Crippen LogP contribution is -2.09. The number of carbonyl (C=O) groups is 3. The normalized spacial score (nSPS) is 10.4. The number of hydrogen-bond donors (Lipinski definition) is 1. The minimum atomic E-state index is -0.305. The first-order chi connectivity index (χ1) is 12.5. The molecule has 6 nitrogen and oxygen atoms in total. The van der Waals surface area contributed by atoms with Crippen molar-refractivity contribution in [1.82, 2.24) is 4.98 Å². The minimum Gasteiger partial charge on any atom is -0.466 e. The molecule has 0 aliphatic rings. The third-order valence-electron chi connectivity index (χ3n) is 3.30. The van der Waals surface area contributed by atoms with Crippen molar-refractivity contribution in [3.05, 3.63) is 40.9 Å². The standard InChI is InChI=1S/C18H20N2O4S2/c1-3-16(22)19-13-7-5-12(6-8-13)15(21)11-26-18-20-14(10-25-18)9-17(23)24-4-2/h5-8,10H,3-4,9,11H2,1-2H3,(H,19,22). The van der Waals surface area contributed by atoms with E-state index >= 15 is 0 Å². The molecule has 0 bridgehead atoms. The van der Waals surface area contributed by atoms with Crippen LogP contribution in [0.3, 0.4) is 0 Å². The van der Waals surface area contributed by atoms with Gasteiger partial charge in [0.25, 0.3) is 0 Å². The Kier molecular flexibility index (Phi) is 7.80. The number of nitrogens with zero attached hydrogens (tertiary/aromatic N) is 1. The Morgan fingerprint density at radius 3 is 2.58 bits per heavy atom. The second-order valence-electron chi connectivity index (χ2n) is 5.28. The number of carbonyl (C=O) groups excluding carboxylic acids is 3. The molecule has 0 saturated heterocycles. The highest BCUT2D eigenvalue weighted by Gasteiger charge is 2.12. The molecule has 1 aromatic heterocycles. The fraction of sp³-hybridized carbons (Fsp3) is 0.333. The van der Waals surface area contributed by atoms with Gasteiger partial charge in [-0.2, -0.15) is 0 Å². The van der Waals surface area contributed by atoms with Crippen LogP contribution in [0.2, 0.25) is 0 Å². The highest BCUT2D eigenvalue weighted by Crippen LogP contribution is 2.24. The molecule has 0 aliphatic heterocycles. The van der Waals surface area contributed by atoms with E-state index in [0.29, 0.717) is 30.0 Å². The lowest BCUT2D eigenvalue weighted by molar-refractivity contribution is -0.142. The van der Waals surface area contributed by atoms with Crippen LogP contribution in [-0.2, 0) is 20.7 Å². The van der Waals surface area contributed by atoms with Gasteiger partial charge in [0.2, 0.25) is 5.91 Å². The minimum absolute atomic E-state index is 0.0227. The lowest BCUT2D eigenvalue weighted by atomic mass is 10.1. The molecule has 1 heterocycles. The molecule has 2 aromatic rings. The summed E-state index contributed by atoms with van der Waals surface area (Å²) in [7, 11) is 0. The van der Waals surface area contributed by atoms with E-state index in [2.05, 4.69) is 10.3 Å². The molecule has 0 radical (unpaired) electrons. The molecule has 1 amide bonds. The third-order valence-corrected chi connectivity index (χ3v) is 5.37. The Balaban J connectivity index is 1.85. The predicted molar refractivity (Wildman–Crippen MR) is 103 cm³/mol. The van der Waals surface area contributed by atoms with E-state index in [4.69, 9.17) is 4.74 Å². The first-order valence-electron chi connectivity index (χ1n) is 8.17. The molecule has 0 saturated carbocycles. The molecule has 0 atom stereocenters. The number of benzene rings is 1. The van der Waals surface area contributed by atoms with Crippen LogP contribution >= 0.6 is 23.1 Å². The van der Waals surface area contributed by atoms with Crippen LogP contribution in [0, 0.1) is 0 Å². The third kappa shape index (κ3) is 6.27. The number of nitrogens with one attached hydrogen (secondary N) is 1. The highest BCUT2D eigenvalue weighted by atomic mass is 32.2. The number of aromatic nitrogens is 1. The fourth-order valence-electron chi connectivity index (χ4n) is 2.00. The maximum Gasteiger partial charge on any atom is 0.311 e. The summed E-state index contributed by atoms with van der Waals surface area (Å²) in [5, 5.41) is 4.54. The van der Waals surface area contributed by atoms with Gasteiger partial charge in [-0.15, -0.1) is 11.3 Å². The van der Waals surface area contributed by atoms with E-state index in [1.54, 1.807) is 43.5 Å². The van der Waals surface area contributed by atoms with E-state index in [9.17, 15) is 14.4 Å². The zero-order chi connectivity index (χ0) is 18.9. The summed E-state index contributed by atoms with van der Waals surface area (Å²) in [6.07, 6.45) is 0.549. The van der Waals surface area contributed by atoms with Crippen molar-refractivity contribution in [1.29, 1.82) is 0 Å². The molecule has 138 valence electrons. The molecular weight excluding hydrogens is 372 g/mol. The topological polar surface area (TPSA) is 85.4 Å². The quantitative estimate of drug-likeness (QED) is 0.399. The van der Waals surface area contributed by atoms with Crippen LogP contribution in [0.25, 0.3) is 0 Å². The van der Waals surface area contributed by atoms with E-state index in [0.717, 1.165) is 4.34 Å². The fourth-order valence-corrected chi connectivity index (χ4v) is 3.73. The average Bonchev–Trinajstić information content (AvgIpc) is 3.07. The van der Waals surface area contributed by atoms with Gasteiger partial charge in [0.1, 0.15) is 0 Å². The van der Waals surface area contributed by atoms with Crippen molar-refractivity contribution >= 4 is 46.4 Å². The van der Waals surface area contributed by atoms with Crippen molar-refractivity contribution in [3.63, 3.8) is 0 Å². The molecule has 0 spiro atoms. The number of amides is 1. The predicted octanol–water partition coefficient (Wildman–Crippen LogP) is 3.57. The maximum atomic E-state index is 12.3. The van der Waals surface area contributed by atoms with E-state index < -0.39 is 0 Å². The number of Topliss-reactive ketones (excluding diaryl/α,β-unsaturated/α-hetero) is 1. The number of ketones is 1. The van der Waals surface area contributed by atoms with Crippen LogP contribution < -0.4 is 5.32 Å². The summed E-state index contributed by atoms with van der Waals surface area (Å²) < 4.78 is 5.63. The molecule has 8 heteroatoms. The SMILES string of the molecule is CCOC(=O)Cc1csc(SCC(=O)c2ccc(NC(=O)CC)cc2)n1. The number of thiazole rings is 1. The Morgan fingerprint density at radius 2 is 1.92 bits per heavy atom. The molecule has 1 N–H and O–H groups in total. The molecule has 2 rings (SSSR count). The van der Waals surface area contributed by atoms with Crippen molar-refractivity contribution in [2.24, 2.45) is 0 Å². The summed E-state index contributed by atoms with van der Waals surface area (Å²) >= 11 is 2.74. The molecular formula is C18H20N2O4S2. The van der Waals surface area contributed by atoms with Crippen LogP contribution in [0.15, 0.2) is 34.0 Å². The highest BCUT2D eigenvalue weighted by molar-refractivity contribution is 8.01. The van der Waals surface area contributed by atoms with Crippen molar-refractivity contribution in [2.45, 2.75) is 31.0 Å². The Bertz CT molecular complexity index is 772. The second-order valence-corrected chi connectivity index (χ2v) is 7.36. The summed E-state index contributed by atoms with van der Waals surface area (Å²) in [4.78, 5) is 39.4. The second kappa shape index (κ2) is 10.1. The van der Waals surface area contributed by atoms with Gasteiger partial charge < -0.3 is 10.1 Å². The van der Waals surface area contributed by atoms with Crippen molar-refractivity contribution in [3.8, 4) is 0 Å². The number of rotatable bonds is 9. The Hall–Kier alpha value is -2.19. The number of thioether (sulfide) groups is 1. The molecule has 26 heavy (non-hydrogen) atoms. The number of hydrogen-bond acceptors (Lipinski definition) is 7. The Morgan fingerprint density at radius 1 is 1.19 bits per heavy atom. The van der Waals surface area contributed by atoms with Crippen molar-refractivity contribution < 1.29 is 19.1 Å². The smallest absolute Gasteiger partial charge is 0.311 e. The van der Waals surface area contributed by atoms with E-state index in [-0.39, 0.29) is 29.8 Å². The molecule has 0 aliphatic carbocycles. The molecule has 0 fully saturated rings. The van der Waals surface area contributed by atoms with Gasteiger partial charge in [0, 0.05) is 23.1 Å². The molecule has 1 aromatic carbocycles. The number of ether oxygens (including phenoxy) is 1. The first-order valence-corrected chi connectivity index (χ1v) is 10.0. The van der Waals surface area contributed by atoms with Gasteiger partial charge in [-0.3, -0.25) is 14.4 Å². The lowest BCUT2D eigenvalue weighted by Gasteiger charge is -2.04. The van der Waals surface area contributed by atoms with E-state index in [1.165, 1.54) is 23.1 Å². The zero-order valence-corrected chi connectivity index (χ0v) is 16.2. The number of esters is 1. The summed E-state index contributed by atoms with van der Waals surface area (Å²) in [5.41, 5.74) is 1.90.